The van der Waals surface area contributed by atoms with Gasteiger partial charge in [0.15, 0.2) is 0 Å². The molecule has 31 heavy (non-hydrogen) atoms. The summed E-state index contributed by atoms with van der Waals surface area (Å²) < 4.78 is 0. The molecule has 1 aromatic carbocycles. The highest BCUT2D eigenvalue weighted by Gasteiger charge is 2.36. The third kappa shape index (κ3) is 6.58. The van der Waals surface area contributed by atoms with E-state index < -0.39 is 12.3 Å². The minimum absolute atomic E-state index is 0.0821. The van der Waals surface area contributed by atoms with E-state index in [-0.39, 0.29) is 18.0 Å². The van der Waals surface area contributed by atoms with Crippen molar-refractivity contribution in [3.63, 3.8) is 0 Å². The Morgan fingerprint density at radius 2 is 1.97 bits per heavy atom. The normalized spacial score (nSPS) is 19.2. The Morgan fingerprint density at radius 3 is 2.68 bits per heavy atom. The van der Waals surface area contributed by atoms with Crippen molar-refractivity contribution >= 4 is 5.91 Å². The fourth-order valence-corrected chi connectivity index (χ4v) is 4.24. The SMILES string of the molecule is NCCCC[C@H](N)C(=O)N1CCC[C@H]1C(O)N[C@@H](Cc1ccccn1)c1ccccc1. The van der Waals surface area contributed by atoms with E-state index in [0.717, 1.165) is 36.9 Å². The van der Waals surface area contributed by atoms with Crippen molar-refractivity contribution in [3.8, 4) is 0 Å². The van der Waals surface area contributed by atoms with Crippen LogP contribution in [0.3, 0.4) is 0 Å². The van der Waals surface area contributed by atoms with Gasteiger partial charge in [-0.15, -0.1) is 0 Å². The Morgan fingerprint density at radius 1 is 1.19 bits per heavy atom. The molecule has 2 aromatic rings. The van der Waals surface area contributed by atoms with Crippen LogP contribution in [0.4, 0.5) is 0 Å². The van der Waals surface area contributed by atoms with Gasteiger partial charge in [0.2, 0.25) is 5.91 Å². The van der Waals surface area contributed by atoms with Crippen LogP contribution in [0.15, 0.2) is 54.7 Å². The van der Waals surface area contributed by atoms with Crippen LogP contribution < -0.4 is 16.8 Å². The first-order valence-electron chi connectivity index (χ1n) is 11.2. The third-order valence-electron chi connectivity index (χ3n) is 5.95. The third-order valence-corrected chi connectivity index (χ3v) is 5.95. The Bertz CT molecular complexity index is 789. The van der Waals surface area contributed by atoms with Crippen LogP contribution in [-0.2, 0) is 11.2 Å². The summed E-state index contributed by atoms with van der Waals surface area (Å²) in [6, 6.07) is 14.9. The Labute approximate surface area is 184 Å². The van der Waals surface area contributed by atoms with Gasteiger partial charge in [-0.1, -0.05) is 42.8 Å². The van der Waals surface area contributed by atoms with Crippen LogP contribution in [0.25, 0.3) is 0 Å². The molecule has 1 unspecified atom stereocenters. The fourth-order valence-electron chi connectivity index (χ4n) is 4.24. The van der Waals surface area contributed by atoms with Crippen molar-refractivity contribution in [2.75, 3.05) is 13.1 Å². The molecule has 0 aliphatic carbocycles. The maximum absolute atomic E-state index is 12.9. The zero-order valence-electron chi connectivity index (χ0n) is 18.1. The molecule has 6 N–H and O–H groups in total. The Hall–Kier alpha value is -2.32. The van der Waals surface area contributed by atoms with Gasteiger partial charge < -0.3 is 21.5 Å². The molecule has 1 saturated heterocycles. The molecule has 1 aliphatic rings. The number of nitrogens with zero attached hydrogens (tertiary/aromatic N) is 2. The first-order chi connectivity index (χ1) is 15.1. The number of nitrogens with one attached hydrogen (secondary N) is 1. The van der Waals surface area contributed by atoms with E-state index in [4.69, 9.17) is 11.5 Å². The van der Waals surface area contributed by atoms with E-state index in [2.05, 4.69) is 10.3 Å². The van der Waals surface area contributed by atoms with Gasteiger partial charge in [0.1, 0.15) is 6.23 Å². The number of amides is 1. The van der Waals surface area contributed by atoms with Crippen molar-refractivity contribution in [1.29, 1.82) is 0 Å². The lowest BCUT2D eigenvalue weighted by Gasteiger charge is -2.33. The maximum Gasteiger partial charge on any atom is 0.239 e. The van der Waals surface area contributed by atoms with Crippen LogP contribution in [-0.4, -0.2) is 52.3 Å². The number of nitrogens with two attached hydrogens (primary N) is 2. The van der Waals surface area contributed by atoms with Crippen molar-refractivity contribution in [3.05, 3.63) is 66.0 Å². The number of benzene rings is 1. The van der Waals surface area contributed by atoms with Gasteiger partial charge in [0.05, 0.1) is 12.1 Å². The standard InChI is InChI=1S/C24H35N5O2/c25-14-6-4-12-20(26)24(31)29-16-8-13-22(29)23(30)28-21(18-9-2-1-3-10-18)17-19-11-5-7-15-27-19/h1-3,5,7,9-11,15,20-23,28,30H,4,6,8,12-14,16-17,25-26H2/t20-,21-,22-,23?/m0/s1. The predicted molar refractivity (Wildman–Crippen MR) is 122 cm³/mol. The van der Waals surface area contributed by atoms with Crippen LogP contribution in [0.1, 0.15) is 49.4 Å². The number of likely N-dealkylation sites (tertiary alicyclic amines) is 1. The van der Waals surface area contributed by atoms with Crippen molar-refractivity contribution in [2.24, 2.45) is 11.5 Å². The van der Waals surface area contributed by atoms with Gasteiger partial charge in [-0.25, -0.2) is 0 Å². The van der Waals surface area contributed by atoms with Crippen molar-refractivity contribution < 1.29 is 9.90 Å². The van der Waals surface area contributed by atoms with Gasteiger partial charge in [0, 0.05) is 30.9 Å². The molecule has 1 amide bonds. The molecule has 0 saturated carbocycles. The molecule has 0 radical (unpaired) electrons. The molecule has 0 bridgehead atoms. The molecule has 3 rings (SSSR count). The van der Waals surface area contributed by atoms with Crippen molar-refractivity contribution in [2.45, 2.75) is 62.9 Å². The zero-order valence-corrected chi connectivity index (χ0v) is 18.1. The summed E-state index contributed by atoms with van der Waals surface area (Å²) in [4.78, 5) is 19.1. The number of hydrogen-bond acceptors (Lipinski definition) is 6. The second-order valence-corrected chi connectivity index (χ2v) is 8.23. The number of carbonyl (C=O) groups excluding carboxylic acids is 1. The summed E-state index contributed by atoms with van der Waals surface area (Å²) in [5.41, 5.74) is 13.7. The average molecular weight is 426 g/mol. The van der Waals surface area contributed by atoms with E-state index in [0.29, 0.717) is 25.9 Å². The topological polar surface area (TPSA) is 118 Å². The summed E-state index contributed by atoms with van der Waals surface area (Å²) in [5, 5.41) is 14.5. The van der Waals surface area contributed by atoms with E-state index in [1.165, 1.54) is 0 Å². The first kappa shape index (κ1) is 23.3. The molecule has 2 heterocycles. The molecule has 7 heteroatoms. The zero-order chi connectivity index (χ0) is 22.1. The average Bonchev–Trinajstić information content (AvgIpc) is 3.29. The van der Waals surface area contributed by atoms with Crippen LogP contribution in [0, 0.1) is 0 Å². The maximum atomic E-state index is 12.9. The Balaban J connectivity index is 1.68. The van der Waals surface area contributed by atoms with E-state index in [9.17, 15) is 9.90 Å². The van der Waals surface area contributed by atoms with E-state index >= 15 is 0 Å². The summed E-state index contributed by atoms with van der Waals surface area (Å²) in [5.74, 6) is -0.0821. The minimum Gasteiger partial charge on any atom is -0.376 e. The number of carbonyl (C=O) groups is 1. The summed E-state index contributed by atoms with van der Waals surface area (Å²) in [6.07, 6.45) is 5.50. The Kier molecular flexibility index (Phi) is 8.97. The highest BCUT2D eigenvalue weighted by molar-refractivity contribution is 5.82. The molecule has 168 valence electrons. The van der Waals surface area contributed by atoms with Crippen LogP contribution in [0.5, 0.6) is 0 Å². The number of aliphatic hydroxyl groups excluding tert-OH is 1. The number of hydrogen-bond donors (Lipinski definition) is 4. The molecular formula is C24H35N5O2. The van der Waals surface area contributed by atoms with E-state index in [1.807, 2.05) is 48.5 Å². The molecular weight excluding hydrogens is 390 g/mol. The minimum atomic E-state index is -0.850. The summed E-state index contributed by atoms with van der Waals surface area (Å²) >= 11 is 0. The molecule has 7 nitrogen and oxygen atoms in total. The number of aliphatic hydroxyl groups is 1. The molecule has 4 atom stereocenters. The van der Waals surface area contributed by atoms with Crippen LogP contribution >= 0.6 is 0 Å². The fraction of sp³-hybridized carbons (Fsp3) is 0.500. The smallest absolute Gasteiger partial charge is 0.239 e. The van der Waals surface area contributed by atoms with Gasteiger partial charge in [0.25, 0.3) is 0 Å². The number of pyridine rings is 1. The molecule has 1 aromatic heterocycles. The molecule has 1 aliphatic heterocycles. The summed E-state index contributed by atoms with van der Waals surface area (Å²) in [7, 11) is 0. The number of aromatic nitrogens is 1. The second-order valence-electron chi connectivity index (χ2n) is 8.23. The lowest BCUT2D eigenvalue weighted by atomic mass is 10.0. The van der Waals surface area contributed by atoms with Gasteiger partial charge in [-0.2, -0.15) is 0 Å². The monoisotopic (exact) mass is 425 g/mol. The van der Waals surface area contributed by atoms with Gasteiger partial charge >= 0.3 is 0 Å². The van der Waals surface area contributed by atoms with Crippen LogP contribution in [0.2, 0.25) is 0 Å². The largest absolute Gasteiger partial charge is 0.376 e. The number of unbranched alkanes of at least 4 members (excludes halogenated alkanes) is 1. The lowest BCUT2D eigenvalue weighted by Crippen LogP contribution is -2.53. The number of rotatable bonds is 11. The molecule has 1 fully saturated rings. The lowest BCUT2D eigenvalue weighted by molar-refractivity contribution is -0.136. The van der Waals surface area contributed by atoms with Crippen molar-refractivity contribution in [1.82, 2.24) is 15.2 Å². The van der Waals surface area contributed by atoms with Gasteiger partial charge in [-0.3, -0.25) is 15.1 Å². The second kappa shape index (κ2) is 11.9. The highest BCUT2D eigenvalue weighted by Crippen LogP contribution is 2.24. The summed E-state index contributed by atoms with van der Waals surface area (Å²) in [6.45, 7) is 1.23. The van der Waals surface area contributed by atoms with Gasteiger partial charge in [-0.05, 0) is 49.9 Å². The first-order valence-corrected chi connectivity index (χ1v) is 11.2. The predicted octanol–water partition coefficient (Wildman–Crippen LogP) is 1.72. The highest BCUT2D eigenvalue weighted by atomic mass is 16.3. The van der Waals surface area contributed by atoms with E-state index in [1.54, 1.807) is 11.1 Å². The molecule has 0 spiro atoms. The quantitative estimate of drug-likeness (QED) is 0.322.